The highest BCUT2D eigenvalue weighted by Crippen LogP contribution is 2.15. The van der Waals surface area contributed by atoms with Crippen LogP contribution in [0.15, 0.2) is 54.6 Å². The zero-order valence-corrected chi connectivity index (χ0v) is 14.8. The van der Waals surface area contributed by atoms with Crippen LogP contribution in [0.25, 0.3) is 0 Å². The molecule has 2 aromatic carbocycles. The summed E-state index contributed by atoms with van der Waals surface area (Å²) in [6, 6.07) is 15.9. The predicted octanol–water partition coefficient (Wildman–Crippen LogP) is 4.18. The number of anilines is 3. The number of urea groups is 1. The van der Waals surface area contributed by atoms with Gasteiger partial charge in [0.15, 0.2) is 0 Å². The smallest absolute Gasteiger partial charge is 0.323 e. The number of benzene rings is 2. The Kier molecular flexibility index (Phi) is 8.15. The molecular weight excluding hydrogens is 328 g/mol. The van der Waals surface area contributed by atoms with Crippen molar-refractivity contribution in [1.29, 1.82) is 0 Å². The first-order valence-corrected chi connectivity index (χ1v) is 8.90. The van der Waals surface area contributed by atoms with Gasteiger partial charge in [-0.15, -0.1) is 0 Å². The summed E-state index contributed by atoms with van der Waals surface area (Å²) in [4.78, 5) is 23.8. The van der Waals surface area contributed by atoms with Crippen LogP contribution in [0.3, 0.4) is 0 Å². The van der Waals surface area contributed by atoms with E-state index in [1.807, 2.05) is 30.3 Å². The first-order chi connectivity index (χ1) is 12.7. The van der Waals surface area contributed by atoms with Crippen LogP contribution in [0.5, 0.6) is 0 Å². The molecule has 5 N–H and O–H groups in total. The fourth-order valence-electron chi connectivity index (χ4n) is 2.46. The zero-order chi connectivity index (χ0) is 18.6. The quantitative estimate of drug-likeness (QED) is 0.509. The van der Waals surface area contributed by atoms with Crippen LogP contribution in [-0.4, -0.2) is 18.5 Å². The van der Waals surface area contributed by atoms with Gasteiger partial charge < -0.3 is 21.7 Å². The minimum absolute atomic E-state index is 0.000258. The molecule has 0 bridgehead atoms. The van der Waals surface area contributed by atoms with Crippen molar-refractivity contribution in [3.63, 3.8) is 0 Å². The fourth-order valence-corrected chi connectivity index (χ4v) is 2.46. The van der Waals surface area contributed by atoms with Crippen molar-refractivity contribution in [2.45, 2.75) is 32.1 Å². The van der Waals surface area contributed by atoms with Gasteiger partial charge in [-0.2, -0.15) is 0 Å². The molecule has 138 valence electrons. The molecule has 0 spiro atoms. The van der Waals surface area contributed by atoms with Gasteiger partial charge in [0.05, 0.1) is 0 Å². The van der Waals surface area contributed by atoms with Crippen molar-refractivity contribution in [3.8, 4) is 0 Å². The van der Waals surface area contributed by atoms with Crippen molar-refractivity contribution in [2.24, 2.45) is 5.73 Å². The fraction of sp³-hybridized carbons (Fsp3) is 0.300. The number of amides is 3. The third-order valence-corrected chi connectivity index (χ3v) is 3.82. The molecule has 2 rings (SSSR count). The molecule has 2 aromatic rings. The van der Waals surface area contributed by atoms with Crippen LogP contribution < -0.4 is 21.7 Å². The number of para-hydroxylation sites is 1. The summed E-state index contributed by atoms with van der Waals surface area (Å²) in [5.41, 5.74) is 7.53. The average Bonchev–Trinajstić information content (AvgIpc) is 2.64. The number of unbranched alkanes of at least 4 members (excludes halogenated alkanes) is 3. The molecule has 0 heterocycles. The Bertz CT molecular complexity index is 687. The molecule has 6 nitrogen and oxygen atoms in total. The molecule has 26 heavy (non-hydrogen) atoms. The van der Waals surface area contributed by atoms with Crippen molar-refractivity contribution >= 4 is 29.0 Å². The van der Waals surface area contributed by atoms with Gasteiger partial charge >= 0.3 is 6.03 Å². The van der Waals surface area contributed by atoms with Gasteiger partial charge in [0.25, 0.3) is 0 Å². The van der Waals surface area contributed by atoms with Crippen LogP contribution in [0.4, 0.5) is 21.9 Å². The Balaban J connectivity index is 1.73. The Morgan fingerprint density at radius 3 is 1.85 bits per heavy atom. The second-order valence-electron chi connectivity index (χ2n) is 6.02. The number of nitrogens with one attached hydrogen (secondary N) is 3. The van der Waals surface area contributed by atoms with Gasteiger partial charge in [0, 0.05) is 23.5 Å². The van der Waals surface area contributed by atoms with Crippen molar-refractivity contribution in [3.05, 3.63) is 54.6 Å². The van der Waals surface area contributed by atoms with Crippen LogP contribution >= 0.6 is 0 Å². The summed E-state index contributed by atoms with van der Waals surface area (Å²) < 4.78 is 0. The maximum Gasteiger partial charge on any atom is 0.323 e. The van der Waals surface area contributed by atoms with Crippen LogP contribution in [0.2, 0.25) is 0 Å². The standard InChI is InChI=1S/C20H26N4O2/c21-15-7-2-1-6-10-19(25)22-17-11-13-18(14-12-17)24-20(26)23-16-8-4-3-5-9-16/h3-5,8-9,11-14H,1-2,6-7,10,15,21H2,(H,22,25)(H2,23,24,26). The van der Waals surface area contributed by atoms with Crippen molar-refractivity contribution in [2.75, 3.05) is 22.5 Å². The lowest BCUT2D eigenvalue weighted by atomic mass is 10.1. The van der Waals surface area contributed by atoms with E-state index in [1.54, 1.807) is 24.3 Å². The SMILES string of the molecule is NCCCCCCC(=O)Nc1ccc(NC(=O)Nc2ccccc2)cc1. The van der Waals surface area contributed by atoms with Gasteiger partial charge in [-0.05, 0) is 55.8 Å². The van der Waals surface area contributed by atoms with E-state index in [-0.39, 0.29) is 11.9 Å². The summed E-state index contributed by atoms with van der Waals surface area (Å²) in [6.07, 6.45) is 4.46. The van der Waals surface area contributed by atoms with E-state index in [0.717, 1.165) is 31.4 Å². The summed E-state index contributed by atoms with van der Waals surface area (Å²) in [5.74, 6) is 0.000258. The average molecular weight is 354 g/mol. The third-order valence-electron chi connectivity index (χ3n) is 3.82. The summed E-state index contributed by atoms with van der Waals surface area (Å²) in [6.45, 7) is 0.704. The van der Waals surface area contributed by atoms with Crippen LogP contribution in [0, 0.1) is 0 Å². The van der Waals surface area contributed by atoms with E-state index in [0.29, 0.717) is 24.3 Å². The highest BCUT2D eigenvalue weighted by Gasteiger charge is 2.04. The van der Waals surface area contributed by atoms with Gasteiger partial charge in [-0.3, -0.25) is 4.79 Å². The van der Waals surface area contributed by atoms with Gasteiger partial charge in [-0.25, -0.2) is 4.79 Å². The number of carbonyl (C=O) groups excluding carboxylic acids is 2. The number of hydrogen-bond donors (Lipinski definition) is 4. The topological polar surface area (TPSA) is 96.2 Å². The maximum absolute atomic E-state index is 11.9. The highest BCUT2D eigenvalue weighted by atomic mass is 16.2. The number of nitrogens with two attached hydrogens (primary N) is 1. The van der Waals surface area contributed by atoms with Gasteiger partial charge in [-0.1, -0.05) is 31.0 Å². The minimum Gasteiger partial charge on any atom is -0.330 e. The molecule has 3 amide bonds. The van der Waals surface area contributed by atoms with E-state index in [2.05, 4.69) is 16.0 Å². The van der Waals surface area contributed by atoms with Gasteiger partial charge in [0.2, 0.25) is 5.91 Å². The molecule has 6 heteroatoms. The molecule has 0 aliphatic heterocycles. The summed E-state index contributed by atoms with van der Waals surface area (Å²) in [5, 5.41) is 8.36. The largest absolute Gasteiger partial charge is 0.330 e. The zero-order valence-electron chi connectivity index (χ0n) is 14.8. The second-order valence-corrected chi connectivity index (χ2v) is 6.02. The molecule has 0 aliphatic carbocycles. The molecule has 0 atom stereocenters. The Morgan fingerprint density at radius 1 is 0.692 bits per heavy atom. The van der Waals surface area contributed by atoms with E-state index in [9.17, 15) is 9.59 Å². The predicted molar refractivity (Wildman–Crippen MR) is 106 cm³/mol. The molecule has 0 aromatic heterocycles. The summed E-state index contributed by atoms with van der Waals surface area (Å²) >= 11 is 0. The van der Waals surface area contributed by atoms with Crippen molar-refractivity contribution in [1.82, 2.24) is 0 Å². The molecular formula is C20H26N4O2. The number of hydrogen-bond acceptors (Lipinski definition) is 3. The normalized spacial score (nSPS) is 10.2. The molecule has 0 unspecified atom stereocenters. The number of rotatable bonds is 9. The van der Waals surface area contributed by atoms with Crippen LogP contribution in [-0.2, 0) is 4.79 Å². The summed E-state index contributed by atoms with van der Waals surface area (Å²) in [7, 11) is 0. The Labute approximate surface area is 154 Å². The first-order valence-electron chi connectivity index (χ1n) is 8.90. The lowest BCUT2D eigenvalue weighted by Gasteiger charge is -2.09. The molecule has 0 aliphatic rings. The molecule has 0 saturated heterocycles. The lowest BCUT2D eigenvalue weighted by molar-refractivity contribution is -0.116. The minimum atomic E-state index is -0.314. The van der Waals surface area contributed by atoms with E-state index in [4.69, 9.17) is 5.73 Å². The van der Waals surface area contributed by atoms with Crippen molar-refractivity contribution < 1.29 is 9.59 Å². The monoisotopic (exact) mass is 354 g/mol. The Hall–Kier alpha value is -2.86. The molecule has 0 fully saturated rings. The highest BCUT2D eigenvalue weighted by molar-refractivity contribution is 6.00. The number of carbonyl (C=O) groups is 2. The van der Waals surface area contributed by atoms with E-state index < -0.39 is 0 Å². The maximum atomic E-state index is 11.9. The first kappa shape index (κ1) is 19.5. The molecule has 0 saturated carbocycles. The van der Waals surface area contributed by atoms with Gasteiger partial charge in [0.1, 0.15) is 0 Å². The Morgan fingerprint density at radius 2 is 1.23 bits per heavy atom. The molecule has 0 radical (unpaired) electrons. The van der Waals surface area contributed by atoms with Crippen LogP contribution in [0.1, 0.15) is 32.1 Å². The van der Waals surface area contributed by atoms with E-state index in [1.165, 1.54) is 0 Å². The second kappa shape index (κ2) is 10.9. The van der Waals surface area contributed by atoms with E-state index >= 15 is 0 Å². The third kappa shape index (κ3) is 7.36. The lowest BCUT2D eigenvalue weighted by Crippen LogP contribution is -2.19.